The standard InChI is InChI=1S/C11H19FN5O12P3S/c1-11(12)6(18)4(2-26-32(25,33)29-31(23,24)28-30(20,21)22)27-9(11)17-3-14-5-7(17)15-10(13)16-8(5)19/h3-4,6,8-9,18-19H,2H2,1H3,(H,23,24)(H,25,33)(H3,13,15,16)(H2,20,21,22)/t4-,6-,8?,9-,11-,32?/m1/s1. The molecule has 17 nitrogen and oxygen atoms in total. The molecule has 2 aliphatic rings. The summed E-state index contributed by atoms with van der Waals surface area (Å²) >= 11 is 4.47. The fraction of sp³-hybridized carbons (Fsp3) is 0.636. The predicted molar refractivity (Wildman–Crippen MR) is 108 cm³/mol. The van der Waals surface area contributed by atoms with Gasteiger partial charge in [0, 0.05) is 0 Å². The van der Waals surface area contributed by atoms with Gasteiger partial charge in [-0.05, 0) is 18.7 Å². The van der Waals surface area contributed by atoms with Gasteiger partial charge in [0.1, 0.15) is 23.7 Å². The maximum absolute atomic E-state index is 15.4. The van der Waals surface area contributed by atoms with Crippen LogP contribution in [0.3, 0.4) is 0 Å². The number of aliphatic hydroxyl groups is 2. The number of nitrogens with zero attached hydrogens (tertiary/aromatic N) is 3. The first-order valence-electron chi connectivity index (χ1n) is 8.58. The van der Waals surface area contributed by atoms with Gasteiger partial charge in [-0.15, -0.1) is 0 Å². The van der Waals surface area contributed by atoms with E-state index in [4.69, 9.17) is 24.8 Å². The number of aliphatic imine (C=N–C) groups is 1. The summed E-state index contributed by atoms with van der Waals surface area (Å²) < 4.78 is 56.5. The molecule has 0 aliphatic carbocycles. The van der Waals surface area contributed by atoms with Gasteiger partial charge in [-0.2, -0.15) is 4.31 Å². The van der Waals surface area contributed by atoms with E-state index in [1.165, 1.54) is 0 Å². The third-order valence-electron chi connectivity index (χ3n) is 4.36. The first-order valence-corrected chi connectivity index (χ1v) is 14.2. The number of ether oxygens (including phenoxy) is 1. The molecule has 1 fully saturated rings. The minimum absolute atomic E-state index is 0.000744. The van der Waals surface area contributed by atoms with Crippen LogP contribution in [0.25, 0.3) is 0 Å². The van der Waals surface area contributed by atoms with Crippen LogP contribution in [-0.4, -0.2) is 69.8 Å². The van der Waals surface area contributed by atoms with Gasteiger partial charge in [-0.3, -0.25) is 4.57 Å². The largest absolute Gasteiger partial charge is 0.488 e. The second-order valence-electron chi connectivity index (χ2n) is 6.91. The third-order valence-corrected chi connectivity index (χ3v) is 9.08. The Kier molecular flexibility index (Phi) is 7.26. The second-order valence-corrected chi connectivity index (χ2v) is 12.7. The van der Waals surface area contributed by atoms with Crippen LogP contribution in [0.15, 0.2) is 11.3 Å². The SMILES string of the molecule is C[C@@]1(F)[C@H](O)[C@@H](COP(O)(=S)OP(=O)(O)OP(=O)(O)O)O[C@H]1n1cnc2c1NC(N)=NC2O. The highest BCUT2D eigenvalue weighted by Crippen LogP contribution is 2.66. The molecule has 1 aromatic rings. The van der Waals surface area contributed by atoms with E-state index in [0.717, 1.165) is 17.8 Å². The lowest BCUT2D eigenvalue weighted by Crippen LogP contribution is -2.41. The van der Waals surface area contributed by atoms with E-state index in [0.29, 0.717) is 0 Å². The Hall–Kier alpha value is -0.880. The Labute approximate surface area is 189 Å². The van der Waals surface area contributed by atoms with Gasteiger partial charge < -0.3 is 50.1 Å². The number of hydrogen-bond acceptors (Lipinski definition) is 13. The molecular formula is C11H19FN5O12P3S. The Morgan fingerprint density at radius 2 is 1.97 bits per heavy atom. The molecule has 3 unspecified atom stereocenters. The lowest BCUT2D eigenvalue weighted by Gasteiger charge is -2.27. The maximum atomic E-state index is 15.4. The van der Waals surface area contributed by atoms with Crippen LogP contribution in [0.2, 0.25) is 0 Å². The number of fused-ring (bicyclic) bond motifs is 1. The average Bonchev–Trinajstić information content (AvgIpc) is 3.10. The number of imidazole rings is 1. The number of aliphatic hydroxyl groups excluding tert-OH is 2. The first kappa shape index (κ1) is 26.7. The second kappa shape index (κ2) is 8.96. The predicted octanol–water partition coefficient (Wildman–Crippen LogP) is -0.940. The van der Waals surface area contributed by atoms with E-state index >= 15 is 4.39 Å². The number of nitrogens with two attached hydrogens (primary N) is 1. The van der Waals surface area contributed by atoms with Gasteiger partial charge in [0.15, 0.2) is 24.1 Å². The van der Waals surface area contributed by atoms with Crippen LogP contribution >= 0.6 is 22.4 Å². The molecule has 0 bridgehead atoms. The highest BCUT2D eigenvalue weighted by atomic mass is 32.5. The molecule has 188 valence electrons. The zero-order valence-electron chi connectivity index (χ0n) is 16.3. The van der Waals surface area contributed by atoms with E-state index < -0.39 is 59.3 Å². The molecular weight excluding hydrogens is 538 g/mol. The van der Waals surface area contributed by atoms with Gasteiger partial charge in [0.05, 0.1) is 12.9 Å². The summed E-state index contributed by atoms with van der Waals surface area (Å²) in [6, 6.07) is 0. The number of hydrogen-bond donors (Lipinski definition) is 8. The lowest BCUT2D eigenvalue weighted by atomic mass is 9.98. The monoisotopic (exact) mass is 557 g/mol. The average molecular weight is 557 g/mol. The number of nitrogens with one attached hydrogen (secondary N) is 1. The summed E-state index contributed by atoms with van der Waals surface area (Å²) in [5.74, 6) is -0.163. The molecule has 3 heterocycles. The van der Waals surface area contributed by atoms with Crippen molar-refractivity contribution in [1.29, 1.82) is 0 Å². The molecule has 2 aliphatic heterocycles. The van der Waals surface area contributed by atoms with E-state index in [9.17, 15) is 29.1 Å². The Morgan fingerprint density at radius 3 is 2.58 bits per heavy atom. The number of phosphoric acid groups is 2. The smallest absolute Gasteiger partial charge is 0.387 e. The van der Waals surface area contributed by atoms with Gasteiger partial charge in [-0.25, -0.2) is 27.8 Å². The number of anilines is 1. The Bertz CT molecular complexity index is 1100. The van der Waals surface area contributed by atoms with Crippen LogP contribution in [0.5, 0.6) is 0 Å². The Morgan fingerprint density at radius 1 is 1.33 bits per heavy atom. The molecule has 0 spiro atoms. The highest BCUT2D eigenvalue weighted by molar-refractivity contribution is 8.08. The summed E-state index contributed by atoms with van der Waals surface area (Å²) in [5, 5.41) is 22.9. The summed E-state index contributed by atoms with van der Waals surface area (Å²) in [5.41, 5.74) is 3.05. The van der Waals surface area contributed by atoms with Crippen molar-refractivity contribution in [1.82, 2.24) is 9.55 Å². The number of guanidine groups is 1. The van der Waals surface area contributed by atoms with Gasteiger partial charge in [-0.1, -0.05) is 0 Å². The molecule has 0 aromatic carbocycles. The van der Waals surface area contributed by atoms with Crippen molar-refractivity contribution in [2.75, 3.05) is 11.9 Å². The number of rotatable bonds is 8. The lowest BCUT2D eigenvalue weighted by molar-refractivity contribution is -0.0557. The fourth-order valence-corrected chi connectivity index (χ4v) is 7.01. The maximum Gasteiger partial charge on any atom is 0.488 e. The van der Waals surface area contributed by atoms with E-state index in [1.54, 1.807) is 0 Å². The molecule has 7 atom stereocenters. The van der Waals surface area contributed by atoms with Gasteiger partial charge in [0.25, 0.3) is 0 Å². The van der Waals surface area contributed by atoms with Crippen LogP contribution in [-0.2, 0) is 38.8 Å². The topological polar surface area (TPSA) is 261 Å². The summed E-state index contributed by atoms with van der Waals surface area (Å²) in [7, 11) is -11.0. The highest BCUT2D eigenvalue weighted by Gasteiger charge is 2.56. The number of aromatic nitrogens is 2. The third kappa shape index (κ3) is 6.04. The zero-order chi connectivity index (χ0) is 25.0. The molecule has 33 heavy (non-hydrogen) atoms. The van der Waals surface area contributed by atoms with Crippen molar-refractivity contribution in [2.24, 2.45) is 10.7 Å². The molecule has 1 aromatic heterocycles. The van der Waals surface area contributed by atoms with Crippen molar-refractivity contribution >= 4 is 45.9 Å². The molecule has 0 amide bonds. The van der Waals surface area contributed by atoms with E-state index in [-0.39, 0.29) is 17.5 Å². The van der Waals surface area contributed by atoms with Crippen LogP contribution in [0.4, 0.5) is 10.2 Å². The van der Waals surface area contributed by atoms with Crippen molar-refractivity contribution in [2.45, 2.75) is 37.3 Å². The number of alkyl halides is 1. The quantitative estimate of drug-likeness (QED) is 0.179. The molecule has 0 saturated carbocycles. The molecule has 0 radical (unpaired) electrons. The molecule has 1 saturated heterocycles. The normalized spacial score (nSPS) is 33.5. The number of halogens is 1. The van der Waals surface area contributed by atoms with Crippen molar-refractivity contribution in [3.8, 4) is 0 Å². The van der Waals surface area contributed by atoms with Crippen LogP contribution in [0.1, 0.15) is 25.1 Å². The van der Waals surface area contributed by atoms with Crippen LogP contribution in [0, 0.1) is 0 Å². The van der Waals surface area contributed by atoms with Gasteiger partial charge >= 0.3 is 22.4 Å². The van der Waals surface area contributed by atoms with E-state index in [2.05, 4.69) is 35.7 Å². The molecule has 22 heteroatoms. The zero-order valence-corrected chi connectivity index (χ0v) is 19.8. The Balaban J connectivity index is 1.73. The summed E-state index contributed by atoms with van der Waals surface area (Å²) in [6.07, 6.45) is -5.33. The fourth-order valence-electron chi connectivity index (χ4n) is 3.04. The first-order chi connectivity index (χ1) is 14.9. The minimum atomic E-state index is -5.55. The van der Waals surface area contributed by atoms with Gasteiger partial charge in [0.2, 0.25) is 0 Å². The summed E-state index contributed by atoms with van der Waals surface area (Å²) in [4.78, 5) is 43.9. The molecule has 9 N–H and O–H groups in total. The van der Waals surface area contributed by atoms with Crippen LogP contribution < -0.4 is 11.1 Å². The van der Waals surface area contributed by atoms with Crippen molar-refractivity contribution < 1.29 is 61.2 Å². The summed E-state index contributed by atoms with van der Waals surface area (Å²) in [6.45, 7) is -4.59. The van der Waals surface area contributed by atoms with Crippen molar-refractivity contribution in [3.63, 3.8) is 0 Å². The van der Waals surface area contributed by atoms with Crippen molar-refractivity contribution in [3.05, 3.63) is 12.0 Å². The van der Waals surface area contributed by atoms with E-state index in [1.807, 2.05) is 0 Å². The molecule has 3 rings (SSSR count). The minimum Gasteiger partial charge on any atom is -0.387 e.